The molecule has 0 saturated heterocycles. The Morgan fingerprint density at radius 2 is 1.67 bits per heavy atom. The van der Waals surface area contributed by atoms with Crippen LogP contribution in [0.3, 0.4) is 0 Å². The van der Waals surface area contributed by atoms with Crippen LogP contribution in [-0.2, 0) is 15.7 Å². The van der Waals surface area contributed by atoms with Crippen molar-refractivity contribution in [2.75, 3.05) is 13.9 Å². The fourth-order valence-electron chi connectivity index (χ4n) is 3.83. The van der Waals surface area contributed by atoms with Crippen LogP contribution < -0.4 is 9.47 Å². The predicted octanol–water partition coefficient (Wildman–Crippen LogP) is 6.45. The van der Waals surface area contributed by atoms with Crippen LogP contribution in [0.1, 0.15) is 62.8 Å². The lowest BCUT2D eigenvalue weighted by Gasteiger charge is -2.33. The van der Waals surface area contributed by atoms with Gasteiger partial charge in [-0.05, 0) is 79.6 Å². The Kier molecular flexibility index (Phi) is 9.89. The lowest BCUT2D eigenvalue weighted by Crippen LogP contribution is -2.34. The molecule has 2 N–H and O–H groups in total. The van der Waals surface area contributed by atoms with E-state index in [0.717, 1.165) is 33.8 Å². The lowest BCUT2D eigenvalue weighted by molar-refractivity contribution is 0.0491. The van der Waals surface area contributed by atoms with Crippen molar-refractivity contribution in [2.24, 2.45) is 0 Å². The zero-order valence-corrected chi connectivity index (χ0v) is 22.4. The van der Waals surface area contributed by atoms with Crippen LogP contribution in [0.2, 0.25) is 0 Å². The van der Waals surface area contributed by atoms with Crippen LogP contribution in [-0.4, -0.2) is 34.3 Å². The average Bonchev–Trinajstić information content (AvgIpc) is 2.72. The van der Waals surface area contributed by atoms with Gasteiger partial charge in [0.2, 0.25) is 5.34 Å². The molecular weight excluding hydrogens is 459 g/mol. The van der Waals surface area contributed by atoms with Gasteiger partial charge in [-0.25, -0.2) is 0 Å². The van der Waals surface area contributed by atoms with Gasteiger partial charge in [0.15, 0.2) is 6.79 Å². The lowest BCUT2D eigenvalue weighted by atomic mass is 9.95. The quantitative estimate of drug-likeness (QED) is 0.198. The highest BCUT2D eigenvalue weighted by Gasteiger charge is 2.46. The first-order valence-electron chi connectivity index (χ1n) is 11.2. The van der Waals surface area contributed by atoms with E-state index >= 15 is 0 Å². The van der Waals surface area contributed by atoms with E-state index in [2.05, 4.69) is 26.0 Å². The molecule has 8 heteroatoms. The molecule has 2 rings (SSSR count). The van der Waals surface area contributed by atoms with Gasteiger partial charge in [-0.3, -0.25) is 4.57 Å². The summed E-state index contributed by atoms with van der Waals surface area (Å²) < 4.78 is 28.9. The average molecular weight is 497 g/mol. The van der Waals surface area contributed by atoms with Crippen molar-refractivity contribution in [2.45, 2.75) is 76.3 Å². The summed E-state index contributed by atoms with van der Waals surface area (Å²) in [7, 11) is -2.84. The standard InChI is InChI=1S/C25H37O6PS/c1-8-25(9-2,32(26,27)28)31-21-12-18(5)22(19(6)13-21)14-20-10-11-23(30-16-29-7)24(15-20)33-17(3)4/h10-13,15,17H,8-9,14,16H2,1-7H3,(H2,26,27,28). The third-order valence-electron chi connectivity index (χ3n) is 5.70. The molecule has 0 aliphatic rings. The summed E-state index contributed by atoms with van der Waals surface area (Å²) >= 11 is 1.75. The van der Waals surface area contributed by atoms with Crippen LogP contribution in [0.4, 0.5) is 0 Å². The van der Waals surface area contributed by atoms with Gasteiger partial charge in [-0.1, -0.05) is 33.8 Å². The summed E-state index contributed by atoms with van der Waals surface area (Å²) in [6, 6.07) is 9.95. The van der Waals surface area contributed by atoms with Crippen molar-refractivity contribution in [3.8, 4) is 11.5 Å². The molecule has 0 heterocycles. The van der Waals surface area contributed by atoms with E-state index in [0.29, 0.717) is 11.0 Å². The summed E-state index contributed by atoms with van der Waals surface area (Å²) in [5, 5.41) is -1.09. The number of benzene rings is 2. The van der Waals surface area contributed by atoms with Crippen molar-refractivity contribution in [1.29, 1.82) is 0 Å². The van der Waals surface area contributed by atoms with Gasteiger partial charge < -0.3 is 24.0 Å². The molecule has 0 aliphatic carbocycles. The maximum atomic E-state index is 12.1. The maximum Gasteiger partial charge on any atom is 0.368 e. The molecule has 0 atom stereocenters. The number of rotatable bonds is 12. The summed E-state index contributed by atoms with van der Waals surface area (Å²) in [6.07, 6.45) is 1.18. The molecule has 184 valence electrons. The van der Waals surface area contributed by atoms with Crippen molar-refractivity contribution in [1.82, 2.24) is 0 Å². The number of aryl methyl sites for hydroxylation is 2. The van der Waals surface area contributed by atoms with Crippen LogP contribution in [0.5, 0.6) is 11.5 Å². The number of ether oxygens (including phenoxy) is 3. The zero-order valence-electron chi connectivity index (χ0n) is 20.7. The SMILES string of the molecule is CCC(CC)(Oc1cc(C)c(Cc2ccc(OCOC)c(SC(C)C)c2)c(C)c1)P(=O)(O)O. The van der Waals surface area contributed by atoms with Crippen LogP contribution in [0.25, 0.3) is 0 Å². The van der Waals surface area contributed by atoms with Crippen LogP contribution in [0.15, 0.2) is 35.2 Å². The van der Waals surface area contributed by atoms with E-state index < -0.39 is 12.9 Å². The van der Waals surface area contributed by atoms with E-state index in [4.69, 9.17) is 14.2 Å². The second kappa shape index (κ2) is 11.8. The van der Waals surface area contributed by atoms with Gasteiger partial charge in [0.05, 0.1) is 4.90 Å². The minimum Gasteiger partial charge on any atom is -0.475 e. The molecule has 0 radical (unpaired) electrons. The molecule has 2 aromatic carbocycles. The molecular formula is C25H37O6PS. The van der Waals surface area contributed by atoms with Crippen molar-refractivity contribution < 1.29 is 28.6 Å². The predicted molar refractivity (Wildman–Crippen MR) is 135 cm³/mol. The Morgan fingerprint density at radius 3 is 2.15 bits per heavy atom. The highest BCUT2D eigenvalue weighted by Crippen LogP contribution is 2.55. The highest BCUT2D eigenvalue weighted by atomic mass is 32.2. The van der Waals surface area contributed by atoms with E-state index in [1.54, 1.807) is 32.7 Å². The van der Waals surface area contributed by atoms with Crippen LogP contribution >= 0.6 is 19.4 Å². The van der Waals surface area contributed by atoms with Gasteiger partial charge in [-0.2, -0.15) is 0 Å². The molecule has 0 saturated carbocycles. The van der Waals surface area contributed by atoms with E-state index in [1.165, 1.54) is 5.56 Å². The van der Waals surface area contributed by atoms with Crippen molar-refractivity contribution in [3.05, 3.63) is 52.6 Å². The number of thioether (sulfide) groups is 1. The fraction of sp³-hybridized carbons (Fsp3) is 0.520. The Hall–Kier alpha value is -1.50. The molecule has 0 aliphatic heterocycles. The Labute approximate surface area is 202 Å². The van der Waals surface area contributed by atoms with Crippen molar-refractivity contribution >= 4 is 19.4 Å². The largest absolute Gasteiger partial charge is 0.475 e. The van der Waals surface area contributed by atoms with Crippen molar-refractivity contribution in [3.63, 3.8) is 0 Å². The number of hydrogen-bond acceptors (Lipinski definition) is 5. The molecule has 0 bridgehead atoms. The number of methoxy groups -OCH3 is 1. The van der Waals surface area contributed by atoms with Crippen LogP contribution in [0, 0.1) is 13.8 Å². The summed E-state index contributed by atoms with van der Waals surface area (Å²) in [6.45, 7) is 12.0. The Morgan fingerprint density at radius 1 is 1.06 bits per heavy atom. The van der Waals surface area contributed by atoms with Gasteiger partial charge >= 0.3 is 7.60 Å². The first-order chi connectivity index (χ1) is 15.5. The van der Waals surface area contributed by atoms with Gasteiger partial charge in [-0.15, -0.1) is 11.8 Å². The molecule has 0 fully saturated rings. The van der Waals surface area contributed by atoms with E-state index in [1.807, 2.05) is 32.0 Å². The minimum absolute atomic E-state index is 0.205. The molecule has 0 amide bonds. The van der Waals surface area contributed by atoms with Gasteiger partial charge in [0.25, 0.3) is 0 Å². The van der Waals surface area contributed by atoms with Gasteiger partial charge in [0, 0.05) is 12.4 Å². The maximum absolute atomic E-state index is 12.1. The monoisotopic (exact) mass is 496 g/mol. The third kappa shape index (κ3) is 7.00. The van der Waals surface area contributed by atoms with E-state index in [9.17, 15) is 14.4 Å². The molecule has 33 heavy (non-hydrogen) atoms. The molecule has 6 nitrogen and oxygen atoms in total. The minimum atomic E-state index is -4.44. The smallest absolute Gasteiger partial charge is 0.368 e. The molecule has 0 aromatic heterocycles. The Balaban J connectivity index is 2.35. The second-order valence-corrected chi connectivity index (χ2v) is 12.0. The molecule has 0 unspecified atom stereocenters. The molecule has 2 aromatic rings. The third-order valence-corrected chi connectivity index (χ3v) is 8.53. The first-order valence-corrected chi connectivity index (χ1v) is 13.7. The zero-order chi connectivity index (χ0) is 24.8. The second-order valence-electron chi connectivity index (χ2n) is 8.51. The van der Waals surface area contributed by atoms with E-state index in [-0.39, 0.29) is 19.6 Å². The first kappa shape index (κ1) is 27.7. The van der Waals surface area contributed by atoms with Gasteiger partial charge in [0.1, 0.15) is 11.5 Å². The topological polar surface area (TPSA) is 85.2 Å². The summed E-state index contributed by atoms with van der Waals surface area (Å²) in [5.41, 5.74) is 4.38. The molecule has 0 spiro atoms. The summed E-state index contributed by atoms with van der Waals surface area (Å²) in [5.74, 6) is 1.30. The highest BCUT2D eigenvalue weighted by molar-refractivity contribution is 8.00. The summed E-state index contributed by atoms with van der Waals surface area (Å²) in [4.78, 5) is 20.9. The number of hydrogen-bond donors (Lipinski definition) is 2. The Bertz CT molecular complexity index is 958. The fourth-order valence-corrected chi connectivity index (χ4v) is 5.85. The normalized spacial score (nSPS) is 12.3.